The first-order chi connectivity index (χ1) is 8.57. The summed E-state index contributed by atoms with van der Waals surface area (Å²) < 4.78 is 0. The molecule has 0 bridgehead atoms. The lowest BCUT2D eigenvalue weighted by molar-refractivity contribution is -0.445. The summed E-state index contributed by atoms with van der Waals surface area (Å²) in [5.41, 5.74) is 0. The fraction of sp³-hybridized carbons (Fsp3) is 0.727. The minimum atomic E-state index is -1.01. The summed E-state index contributed by atoms with van der Waals surface area (Å²) in [5.74, 6) is -1.18. The Kier molecular flexibility index (Phi) is 5.41. The second-order valence-electron chi connectivity index (χ2n) is 4.30. The Morgan fingerprint density at radius 3 is 2.89 bits per heavy atom. The average Bonchev–Trinajstić information content (AvgIpc) is 2.77. The van der Waals surface area contributed by atoms with Crippen molar-refractivity contribution in [3.63, 3.8) is 0 Å². The van der Waals surface area contributed by atoms with Crippen LogP contribution in [0.3, 0.4) is 0 Å². The third-order valence-electron chi connectivity index (χ3n) is 2.97. The Bertz CT molecular complexity index is 343. The lowest BCUT2D eigenvalue weighted by Crippen LogP contribution is -2.42. The summed E-state index contributed by atoms with van der Waals surface area (Å²) in [4.78, 5) is 22.7. The Morgan fingerprint density at radius 1 is 1.61 bits per heavy atom. The van der Waals surface area contributed by atoms with E-state index in [1.165, 1.54) is 11.1 Å². The van der Waals surface area contributed by atoms with Crippen molar-refractivity contribution in [1.29, 1.82) is 0 Å². The highest BCUT2D eigenvalue weighted by atomic mass is 16.6. The standard InChI is InChI=1S/C11H19N3O4/c1-2-3-4-5-6-9(11(15)16)13-8-12-7-10(13)14(17)18/h7,9,12H,2-6,8H2,1H3,(H,15,16)/t9-/m1/s1. The van der Waals surface area contributed by atoms with Crippen molar-refractivity contribution in [3.8, 4) is 0 Å². The first kappa shape index (κ1) is 14.3. The van der Waals surface area contributed by atoms with Gasteiger partial charge in [0.2, 0.25) is 0 Å². The minimum absolute atomic E-state index is 0.169. The smallest absolute Gasteiger partial charge is 0.348 e. The summed E-state index contributed by atoms with van der Waals surface area (Å²) in [5, 5.41) is 22.6. The number of aliphatic carboxylic acids is 1. The molecule has 7 heteroatoms. The highest BCUT2D eigenvalue weighted by Crippen LogP contribution is 2.18. The summed E-state index contributed by atoms with van der Waals surface area (Å²) in [6, 6.07) is -0.825. The van der Waals surface area contributed by atoms with E-state index in [1.807, 2.05) is 0 Å². The monoisotopic (exact) mass is 257 g/mol. The first-order valence-corrected chi connectivity index (χ1v) is 6.15. The van der Waals surface area contributed by atoms with Gasteiger partial charge in [-0.1, -0.05) is 26.2 Å². The number of hydrogen-bond acceptors (Lipinski definition) is 5. The van der Waals surface area contributed by atoms with Crippen LogP contribution < -0.4 is 5.32 Å². The molecule has 1 aliphatic rings. The molecule has 0 radical (unpaired) electrons. The molecule has 7 nitrogen and oxygen atoms in total. The quantitative estimate of drug-likeness (QED) is 0.387. The average molecular weight is 257 g/mol. The van der Waals surface area contributed by atoms with E-state index in [2.05, 4.69) is 12.2 Å². The van der Waals surface area contributed by atoms with Gasteiger partial charge in [0, 0.05) is 0 Å². The van der Waals surface area contributed by atoms with Crippen molar-refractivity contribution in [3.05, 3.63) is 22.1 Å². The van der Waals surface area contributed by atoms with E-state index in [1.54, 1.807) is 0 Å². The van der Waals surface area contributed by atoms with Crippen molar-refractivity contribution >= 4 is 5.97 Å². The molecule has 0 aromatic rings. The lowest BCUT2D eigenvalue weighted by Gasteiger charge is -2.20. The summed E-state index contributed by atoms with van der Waals surface area (Å²) >= 11 is 0. The predicted molar refractivity (Wildman–Crippen MR) is 65.1 cm³/mol. The molecule has 1 atom stereocenters. The summed E-state index contributed by atoms with van der Waals surface area (Å²) in [6.45, 7) is 2.26. The number of nitrogens with zero attached hydrogens (tertiary/aromatic N) is 2. The van der Waals surface area contributed by atoms with Gasteiger partial charge < -0.3 is 20.5 Å². The van der Waals surface area contributed by atoms with E-state index in [0.29, 0.717) is 6.42 Å². The molecule has 2 N–H and O–H groups in total. The maximum atomic E-state index is 11.2. The zero-order valence-corrected chi connectivity index (χ0v) is 10.5. The van der Waals surface area contributed by atoms with Crippen LogP contribution in [0, 0.1) is 10.1 Å². The van der Waals surface area contributed by atoms with Gasteiger partial charge in [-0.15, -0.1) is 0 Å². The molecule has 0 aromatic carbocycles. The van der Waals surface area contributed by atoms with Crippen LogP contribution in [0.4, 0.5) is 0 Å². The molecule has 1 heterocycles. The molecule has 0 fully saturated rings. The largest absolute Gasteiger partial charge is 0.478 e. The molecule has 0 aliphatic carbocycles. The van der Waals surface area contributed by atoms with Crippen molar-refractivity contribution in [2.75, 3.05) is 6.67 Å². The number of nitro groups is 1. The lowest BCUT2D eigenvalue weighted by atomic mass is 10.1. The van der Waals surface area contributed by atoms with Crippen molar-refractivity contribution < 1.29 is 14.8 Å². The Labute approximate surface area is 106 Å². The van der Waals surface area contributed by atoms with Crippen LogP contribution in [0.25, 0.3) is 0 Å². The summed E-state index contributed by atoms with van der Waals surface area (Å²) in [6.07, 6.45) is 5.54. The van der Waals surface area contributed by atoms with Crippen LogP contribution in [-0.4, -0.2) is 33.6 Å². The topological polar surface area (TPSA) is 95.7 Å². The fourth-order valence-electron chi connectivity index (χ4n) is 2.00. The highest BCUT2D eigenvalue weighted by molar-refractivity contribution is 5.73. The molecule has 0 aromatic heterocycles. The van der Waals surface area contributed by atoms with Crippen LogP contribution in [0.15, 0.2) is 12.0 Å². The van der Waals surface area contributed by atoms with Gasteiger partial charge in [-0.25, -0.2) is 9.69 Å². The maximum absolute atomic E-state index is 11.2. The number of rotatable bonds is 8. The van der Waals surface area contributed by atoms with E-state index >= 15 is 0 Å². The molecule has 1 rings (SSSR count). The third-order valence-corrected chi connectivity index (χ3v) is 2.97. The maximum Gasteiger partial charge on any atom is 0.348 e. The minimum Gasteiger partial charge on any atom is -0.478 e. The number of nitrogens with one attached hydrogen (secondary N) is 1. The van der Waals surface area contributed by atoms with Crippen LogP contribution >= 0.6 is 0 Å². The van der Waals surface area contributed by atoms with E-state index in [-0.39, 0.29) is 12.5 Å². The molecule has 0 unspecified atom stereocenters. The molecule has 0 spiro atoms. The van der Waals surface area contributed by atoms with Crippen LogP contribution in [0.5, 0.6) is 0 Å². The number of carbonyl (C=O) groups is 1. The molecule has 1 aliphatic heterocycles. The highest BCUT2D eigenvalue weighted by Gasteiger charge is 2.37. The number of carboxylic acid groups (broad SMARTS) is 1. The van der Waals surface area contributed by atoms with E-state index in [0.717, 1.165) is 25.7 Å². The van der Waals surface area contributed by atoms with Crippen LogP contribution in [0.2, 0.25) is 0 Å². The van der Waals surface area contributed by atoms with Crippen LogP contribution in [-0.2, 0) is 4.79 Å². The molecule has 18 heavy (non-hydrogen) atoms. The van der Waals surface area contributed by atoms with Gasteiger partial charge in [0.25, 0.3) is 0 Å². The van der Waals surface area contributed by atoms with Crippen molar-refractivity contribution in [2.24, 2.45) is 0 Å². The number of unbranched alkanes of at least 4 members (excludes halogenated alkanes) is 3. The molecule has 0 amide bonds. The Hall–Kier alpha value is -1.79. The van der Waals surface area contributed by atoms with Gasteiger partial charge in [0.05, 0.1) is 6.20 Å². The fourth-order valence-corrected chi connectivity index (χ4v) is 2.00. The SMILES string of the molecule is CCCCCC[C@H](C(=O)O)N1CNC=C1[N+](=O)[O-]. The zero-order valence-electron chi connectivity index (χ0n) is 10.5. The number of hydrogen-bond donors (Lipinski definition) is 2. The van der Waals surface area contributed by atoms with Gasteiger partial charge >= 0.3 is 11.8 Å². The molecule has 102 valence electrons. The molecular weight excluding hydrogens is 238 g/mol. The van der Waals surface area contributed by atoms with E-state index in [9.17, 15) is 20.0 Å². The molecule has 0 saturated heterocycles. The van der Waals surface area contributed by atoms with Crippen molar-refractivity contribution in [2.45, 2.75) is 45.1 Å². The predicted octanol–water partition coefficient (Wildman–Crippen LogP) is 1.35. The summed E-state index contributed by atoms with van der Waals surface area (Å²) in [7, 11) is 0. The first-order valence-electron chi connectivity index (χ1n) is 6.15. The van der Waals surface area contributed by atoms with Gasteiger partial charge in [-0.05, 0) is 17.8 Å². The molecule has 0 saturated carbocycles. The second kappa shape index (κ2) is 6.83. The van der Waals surface area contributed by atoms with E-state index < -0.39 is 16.9 Å². The Balaban J connectivity index is 2.59. The second-order valence-corrected chi connectivity index (χ2v) is 4.30. The van der Waals surface area contributed by atoms with Crippen molar-refractivity contribution in [1.82, 2.24) is 10.2 Å². The Morgan fingerprint density at radius 2 is 2.33 bits per heavy atom. The van der Waals surface area contributed by atoms with E-state index in [4.69, 9.17) is 0 Å². The third kappa shape index (κ3) is 3.61. The van der Waals surface area contributed by atoms with Gasteiger partial charge in [-0.3, -0.25) is 0 Å². The molecular formula is C11H19N3O4. The van der Waals surface area contributed by atoms with Gasteiger partial charge in [0.15, 0.2) is 12.7 Å². The number of carboxylic acids is 1. The van der Waals surface area contributed by atoms with Crippen LogP contribution in [0.1, 0.15) is 39.0 Å². The van der Waals surface area contributed by atoms with Gasteiger partial charge in [0.1, 0.15) is 0 Å². The zero-order chi connectivity index (χ0) is 13.5. The normalized spacial score (nSPS) is 16.1. The van der Waals surface area contributed by atoms with Gasteiger partial charge in [-0.2, -0.15) is 0 Å².